The van der Waals surface area contributed by atoms with Crippen molar-refractivity contribution in [3.8, 4) is 0 Å². The Morgan fingerprint density at radius 3 is 1.89 bits per heavy atom. The summed E-state index contributed by atoms with van der Waals surface area (Å²) in [6, 6.07) is 5.86. The van der Waals surface area contributed by atoms with Gasteiger partial charge in [-0.15, -0.1) is 0 Å². The molecule has 0 amide bonds. The van der Waals surface area contributed by atoms with Crippen molar-refractivity contribution in [3.63, 3.8) is 0 Å². The van der Waals surface area contributed by atoms with E-state index in [0.29, 0.717) is 5.15 Å². The third-order valence-corrected chi connectivity index (χ3v) is 3.91. The Bertz CT molecular complexity index is 758. The molecule has 0 atom stereocenters. The van der Waals surface area contributed by atoms with E-state index in [1.165, 1.54) is 24.4 Å². The second kappa shape index (κ2) is 12.3. The summed E-state index contributed by atoms with van der Waals surface area (Å²) in [6.45, 7) is 6.99. The first-order chi connectivity index (χ1) is 13.1. The Kier molecular flexibility index (Phi) is 9.64. The minimum absolute atomic E-state index is 0.0419. The van der Waals surface area contributed by atoms with Crippen LogP contribution < -0.4 is 21.1 Å². The Labute approximate surface area is 162 Å². The zero-order valence-electron chi connectivity index (χ0n) is 15.1. The predicted molar refractivity (Wildman–Crippen MR) is 106 cm³/mol. The first-order valence-electron chi connectivity index (χ1n) is 8.79. The molecule has 0 spiro atoms. The number of aromatic amines is 2. The minimum Gasteiger partial charge on any atom is -0.379 e. The van der Waals surface area contributed by atoms with Crippen molar-refractivity contribution in [1.29, 1.82) is 0 Å². The molecule has 9 heteroatoms. The molecule has 4 rings (SSSR count). The molecule has 4 heterocycles. The molecule has 8 nitrogen and oxygen atoms in total. The van der Waals surface area contributed by atoms with E-state index in [-0.39, 0.29) is 10.9 Å². The molecule has 0 radical (unpaired) electrons. The van der Waals surface area contributed by atoms with Crippen molar-refractivity contribution >= 4 is 17.4 Å². The molecule has 0 aliphatic carbocycles. The van der Waals surface area contributed by atoms with Gasteiger partial charge in [-0.1, -0.05) is 11.6 Å². The Morgan fingerprint density at radius 1 is 0.852 bits per heavy atom. The maximum atomic E-state index is 11.1. The maximum absolute atomic E-state index is 11.1. The van der Waals surface area contributed by atoms with Gasteiger partial charge in [0.2, 0.25) is 0 Å². The van der Waals surface area contributed by atoms with Crippen LogP contribution in [-0.4, -0.2) is 62.6 Å². The molecule has 2 aliphatic rings. The fraction of sp³-hybridized carbons (Fsp3) is 0.444. The smallest absolute Gasteiger partial charge is 0.183 e. The van der Waals surface area contributed by atoms with Gasteiger partial charge in [-0.3, -0.25) is 9.59 Å². The lowest BCUT2D eigenvalue weighted by Crippen LogP contribution is -2.37. The van der Waals surface area contributed by atoms with E-state index in [0.717, 1.165) is 58.4 Å². The topological polar surface area (TPSA) is 99.4 Å². The number of H-pyrrole nitrogens is 2. The normalized spacial score (nSPS) is 16.4. The summed E-state index contributed by atoms with van der Waals surface area (Å²) in [4.78, 5) is 29.2. The molecule has 0 unspecified atom stereocenters. The van der Waals surface area contributed by atoms with Crippen LogP contribution in [0.1, 0.15) is 0 Å². The van der Waals surface area contributed by atoms with Crippen molar-refractivity contribution in [2.45, 2.75) is 0 Å². The van der Waals surface area contributed by atoms with Gasteiger partial charge >= 0.3 is 0 Å². The van der Waals surface area contributed by atoms with Crippen LogP contribution in [0.4, 0.5) is 5.82 Å². The number of hydrogen-bond acceptors (Lipinski definition) is 6. The van der Waals surface area contributed by atoms with Crippen LogP contribution in [0, 0.1) is 0 Å². The zero-order chi connectivity index (χ0) is 19.3. The highest BCUT2D eigenvalue weighted by Gasteiger charge is 2.10. The second-order valence-electron chi connectivity index (χ2n) is 5.74. The molecule has 0 bridgehead atoms. The van der Waals surface area contributed by atoms with Crippen LogP contribution in [0.15, 0.2) is 46.2 Å². The van der Waals surface area contributed by atoms with E-state index in [4.69, 9.17) is 21.1 Å². The first kappa shape index (κ1) is 21.2. The van der Waals surface area contributed by atoms with Gasteiger partial charge in [0, 0.05) is 62.8 Å². The van der Waals surface area contributed by atoms with Crippen molar-refractivity contribution in [2.75, 3.05) is 57.5 Å². The van der Waals surface area contributed by atoms with E-state index in [1.54, 1.807) is 12.3 Å². The highest BCUT2D eigenvalue weighted by molar-refractivity contribution is 6.29. The van der Waals surface area contributed by atoms with Gasteiger partial charge in [-0.05, 0) is 0 Å². The number of aromatic nitrogens is 2. The fourth-order valence-electron chi connectivity index (χ4n) is 2.35. The summed E-state index contributed by atoms with van der Waals surface area (Å²) in [7, 11) is 0. The van der Waals surface area contributed by atoms with Crippen LogP contribution in [0.2, 0.25) is 5.15 Å². The molecule has 0 saturated carbocycles. The number of nitrogens with one attached hydrogen (secondary N) is 3. The van der Waals surface area contributed by atoms with Crippen LogP contribution in [0.25, 0.3) is 0 Å². The molecule has 0 aromatic carbocycles. The first-order valence-corrected chi connectivity index (χ1v) is 9.17. The quantitative estimate of drug-likeness (QED) is 0.618. The number of ether oxygens (including phenoxy) is 2. The van der Waals surface area contributed by atoms with Gasteiger partial charge in [0.1, 0.15) is 11.0 Å². The molecule has 148 valence electrons. The van der Waals surface area contributed by atoms with E-state index in [2.05, 4.69) is 20.2 Å². The van der Waals surface area contributed by atoms with Gasteiger partial charge in [0.25, 0.3) is 0 Å². The number of rotatable bonds is 1. The lowest BCUT2D eigenvalue weighted by molar-refractivity contribution is 0.109. The second-order valence-corrected chi connectivity index (χ2v) is 6.15. The number of hydrogen-bond donors (Lipinski definition) is 3. The lowest BCUT2D eigenvalue weighted by Gasteiger charge is -2.27. The maximum Gasteiger partial charge on any atom is 0.183 e. The molecule has 2 aromatic rings. The number of halogens is 1. The van der Waals surface area contributed by atoms with Crippen LogP contribution in [0.5, 0.6) is 0 Å². The average molecular weight is 397 g/mol. The summed E-state index contributed by atoms with van der Waals surface area (Å²) in [5, 5.41) is 3.53. The zero-order valence-corrected chi connectivity index (χ0v) is 15.8. The van der Waals surface area contributed by atoms with E-state index in [1.807, 2.05) is 0 Å². The number of morpholine rings is 2. The van der Waals surface area contributed by atoms with E-state index >= 15 is 0 Å². The molecular weight excluding hydrogens is 372 g/mol. The molecule has 2 aliphatic heterocycles. The van der Waals surface area contributed by atoms with Crippen molar-refractivity contribution in [2.24, 2.45) is 0 Å². The molecular formula is C18H25ClN4O4. The summed E-state index contributed by atoms with van der Waals surface area (Å²) >= 11 is 5.39. The van der Waals surface area contributed by atoms with E-state index in [9.17, 15) is 9.59 Å². The van der Waals surface area contributed by atoms with Crippen LogP contribution in [0.3, 0.4) is 0 Å². The van der Waals surface area contributed by atoms with E-state index < -0.39 is 0 Å². The fourth-order valence-corrected chi connectivity index (χ4v) is 2.52. The summed E-state index contributed by atoms with van der Waals surface area (Å²) < 4.78 is 10.2. The van der Waals surface area contributed by atoms with Crippen molar-refractivity contribution < 1.29 is 9.47 Å². The SMILES string of the molecule is C1COCCN1.O=c1cc[nH]c(Cl)c1.O=c1cc[nH]c(N2CCOCC2)c1. The van der Waals surface area contributed by atoms with Gasteiger partial charge in [-0.25, -0.2) is 0 Å². The Hall–Kier alpha value is -2.13. The van der Waals surface area contributed by atoms with Crippen molar-refractivity contribution in [3.05, 3.63) is 62.3 Å². The van der Waals surface area contributed by atoms with Crippen LogP contribution in [-0.2, 0) is 9.47 Å². The average Bonchev–Trinajstić information content (AvgIpc) is 2.71. The monoisotopic (exact) mass is 396 g/mol. The van der Waals surface area contributed by atoms with Gasteiger partial charge in [-0.2, -0.15) is 0 Å². The van der Waals surface area contributed by atoms with Crippen molar-refractivity contribution in [1.82, 2.24) is 15.3 Å². The summed E-state index contributed by atoms with van der Waals surface area (Å²) in [5.74, 6) is 0.885. The molecule has 2 fully saturated rings. The van der Waals surface area contributed by atoms with Gasteiger partial charge in [0.05, 0.1) is 26.4 Å². The molecule has 27 heavy (non-hydrogen) atoms. The van der Waals surface area contributed by atoms with Crippen LogP contribution >= 0.6 is 11.6 Å². The third-order valence-electron chi connectivity index (χ3n) is 3.69. The number of pyridine rings is 2. The highest BCUT2D eigenvalue weighted by atomic mass is 35.5. The number of nitrogens with zero attached hydrogens (tertiary/aromatic N) is 1. The standard InChI is InChI=1S/C9H12N2O2.C5H4ClNO.C4H9NO/c12-8-1-2-10-9(7-8)11-3-5-13-6-4-11;6-5-3-4(8)1-2-7-5;1-3-6-4-2-5-1/h1-2,7H,3-6H2,(H,10,12);1-3H,(H,7,8);5H,1-4H2. The summed E-state index contributed by atoms with van der Waals surface area (Å²) in [6.07, 6.45) is 3.18. The molecule has 3 N–H and O–H groups in total. The Balaban J connectivity index is 0.000000159. The predicted octanol–water partition coefficient (Wildman–Crippen LogP) is 0.846. The minimum atomic E-state index is -0.0752. The largest absolute Gasteiger partial charge is 0.379 e. The Morgan fingerprint density at radius 2 is 1.44 bits per heavy atom. The molecule has 2 saturated heterocycles. The number of anilines is 1. The van der Waals surface area contributed by atoms with Gasteiger partial charge < -0.3 is 29.7 Å². The summed E-state index contributed by atoms with van der Waals surface area (Å²) in [5.41, 5.74) is -0.0333. The molecule has 2 aromatic heterocycles. The third kappa shape index (κ3) is 8.87. The van der Waals surface area contributed by atoms with Gasteiger partial charge in [0.15, 0.2) is 10.9 Å². The highest BCUT2D eigenvalue weighted by Crippen LogP contribution is 2.08. The lowest BCUT2D eigenvalue weighted by atomic mass is 10.3.